The Kier molecular flexibility index (Phi) is 11.9. The van der Waals surface area contributed by atoms with Gasteiger partial charge in [0.05, 0.1) is 28.4 Å². The SMILES string of the molecule is COc1ccc(N(c2ccc(/C=C/c3ccc(/C=C/c4ccc(N(c5ccc(OC)cc5)c5ccc(OC)cc5)cc4)c4ccccc34)cc2)c2ccc(OC)cc2)cc1. The van der Waals surface area contributed by atoms with Crippen molar-refractivity contribution in [1.29, 1.82) is 0 Å². The zero-order chi connectivity index (χ0) is 41.3. The summed E-state index contributed by atoms with van der Waals surface area (Å²) in [6, 6.07) is 62.6. The number of hydrogen-bond acceptors (Lipinski definition) is 6. The monoisotopic (exact) mass is 786 g/mol. The third kappa shape index (κ3) is 8.74. The Bertz CT molecular complexity index is 2420. The summed E-state index contributed by atoms with van der Waals surface area (Å²) in [7, 11) is 6.73. The van der Waals surface area contributed by atoms with Crippen LogP contribution in [0.4, 0.5) is 34.1 Å². The van der Waals surface area contributed by atoms with Crippen LogP contribution in [-0.2, 0) is 0 Å². The molecule has 0 aliphatic heterocycles. The van der Waals surface area contributed by atoms with Crippen LogP contribution in [0, 0.1) is 0 Å². The summed E-state index contributed by atoms with van der Waals surface area (Å²) in [6.45, 7) is 0. The van der Waals surface area contributed by atoms with Crippen molar-refractivity contribution in [2.45, 2.75) is 0 Å². The Balaban J connectivity index is 1.02. The molecule has 0 bridgehead atoms. The summed E-state index contributed by atoms with van der Waals surface area (Å²) in [5.41, 5.74) is 10.8. The second-order valence-electron chi connectivity index (χ2n) is 14.1. The van der Waals surface area contributed by atoms with E-state index in [1.54, 1.807) is 28.4 Å². The van der Waals surface area contributed by atoms with E-state index >= 15 is 0 Å². The summed E-state index contributed by atoms with van der Waals surface area (Å²) in [4.78, 5) is 4.44. The fourth-order valence-corrected chi connectivity index (χ4v) is 7.30. The molecule has 8 aromatic rings. The van der Waals surface area contributed by atoms with Gasteiger partial charge < -0.3 is 28.7 Å². The number of benzene rings is 8. The first-order chi connectivity index (χ1) is 29.5. The molecule has 0 aromatic heterocycles. The van der Waals surface area contributed by atoms with Crippen molar-refractivity contribution in [3.8, 4) is 23.0 Å². The van der Waals surface area contributed by atoms with Crippen molar-refractivity contribution in [2.75, 3.05) is 38.2 Å². The molecule has 6 heteroatoms. The molecular formula is C54H46N2O4. The molecule has 0 aliphatic carbocycles. The molecular weight excluding hydrogens is 741 g/mol. The molecule has 0 fully saturated rings. The number of fused-ring (bicyclic) bond motifs is 1. The van der Waals surface area contributed by atoms with E-state index in [4.69, 9.17) is 18.9 Å². The largest absolute Gasteiger partial charge is 0.497 e. The Labute approximate surface area is 352 Å². The lowest BCUT2D eigenvalue weighted by Crippen LogP contribution is -2.09. The van der Waals surface area contributed by atoms with E-state index in [9.17, 15) is 0 Å². The molecule has 0 aliphatic rings. The van der Waals surface area contributed by atoms with E-state index in [1.165, 1.54) is 10.8 Å². The van der Waals surface area contributed by atoms with Gasteiger partial charge in [-0.1, -0.05) is 85.0 Å². The minimum Gasteiger partial charge on any atom is -0.497 e. The molecule has 0 radical (unpaired) electrons. The van der Waals surface area contributed by atoms with Crippen LogP contribution in [0.15, 0.2) is 182 Å². The predicted molar refractivity (Wildman–Crippen MR) is 250 cm³/mol. The fourth-order valence-electron chi connectivity index (χ4n) is 7.30. The molecule has 0 spiro atoms. The lowest BCUT2D eigenvalue weighted by atomic mass is 9.98. The lowest BCUT2D eigenvalue weighted by Gasteiger charge is -2.26. The number of nitrogens with zero attached hydrogens (tertiary/aromatic N) is 2. The van der Waals surface area contributed by atoms with Gasteiger partial charge in [-0.15, -0.1) is 0 Å². The number of methoxy groups -OCH3 is 4. The van der Waals surface area contributed by atoms with Gasteiger partial charge in [-0.05, 0) is 154 Å². The van der Waals surface area contributed by atoms with Crippen molar-refractivity contribution in [2.24, 2.45) is 0 Å². The van der Waals surface area contributed by atoms with Crippen molar-refractivity contribution < 1.29 is 18.9 Å². The van der Waals surface area contributed by atoms with Gasteiger partial charge in [0.25, 0.3) is 0 Å². The molecule has 6 nitrogen and oxygen atoms in total. The van der Waals surface area contributed by atoms with Crippen molar-refractivity contribution >= 4 is 69.2 Å². The molecule has 0 N–H and O–H groups in total. The smallest absolute Gasteiger partial charge is 0.119 e. The van der Waals surface area contributed by atoms with Crippen LogP contribution < -0.4 is 28.7 Å². The summed E-state index contributed by atoms with van der Waals surface area (Å²) in [5.74, 6) is 3.26. The molecule has 0 saturated carbocycles. The summed E-state index contributed by atoms with van der Waals surface area (Å²) in [6.07, 6.45) is 8.75. The standard InChI is InChI=1S/C54H46N2O4/c1-57-49-31-23-45(24-32-49)55(46-25-33-50(58-2)34-26-46)43-19-11-39(12-20-43)9-15-41-17-18-42(54-8-6-5-7-53(41)54)16-10-40-13-21-44(22-14-40)56(47-27-35-51(59-3)36-28-47)48-29-37-52(60-4)38-30-48/h5-38H,1-4H3/b15-9+,16-10+. The predicted octanol–water partition coefficient (Wildman–Crippen LogP) is 14.2. The molecule has 0 amide bonds. The van der Waals surface area contributed by atoms with Gasteiger partial charge in [-0.2, -0.15) is 0 Å². The molecule has 8 rings (SSSR count). The highest BCUT2D eigenvalue weighted by molar-refractivity contribution is 5.99. The molecule has 8 aromatic carbocycles. The average Bonchev–Trinajstić information content (AvgIpc) is 3.32. The van der Waals surface area contributed by atoms with E-state index in [0.717, 1.165) is 79.4 Å². The van der Waals surface area contributed by atoms with Crippen LogP contribution in [0.2, 0.25) is 0 Å². The summed E-state index contributed by atoms with van der Waals surface area (Å²) < 4.78 is 21.7. The van der Waals surface area contributed by atoms with Gasteiger partial charge in [-0.25, -0.2) is 0 Å². The Morgan fingerprint density at radius 1 is 0.283 bits per heavy atom. The van der Waals surface area contributed by atoms with Crippen molar-refractivity contribution in [3.05, 3.63) is 204 Å². The average molecular weight is 787 g/mol. The number of anilines is 6. The molecule has 0 unspecified atom stereocenters. The Hall–Kier alpha value is -7.70. The Morgan fingerprint density at radius 3 is 0.783 bits per heavy atom. The molecule has 0 heterocycles. The van der Waals surface area contributed by atoms with Crippen LogP contribution in [0.25, 0.3) is 35.1 Å². The maximum Gasteiger partial charge on any atom is 0.119 e. The molecule has 0 saturated heterocycles. The van der Waals surface area contributed by atoms with Crippen LogP contribution in [0.3, 0.4) is 0 Å². The maximum atomic E-state index is 5.42. The highest BCUT2D eigenvalue weighted by atomic mass is 16.5. The third-order valence-electron chi connectivity index (χ3n) is 10.5. The van der Waals surface area contributed by atoms with Crippen molar-refractivity contribution in [3.63, 3.8) is 0 Å². The first kappa shape index (κ1) is 39.1. The van der Waals surface area contributed by atoms with Gasteiger partial charge >= 0.3 is 0 Å². The first-order valence-electron chi connectivity index (χ1n) is 19.8. The topological polar surface area (TPSA) is 43.4 Å². The maximum absolute atomic E-state index is 5.42. The second kappa shape index (κ2) is 18.3. The van der Waals surface area contributed by atoms with Crippen LogP contribution >= 0.6 is 0 Å². The second-order valence-corrected chi connectivity index (χ2v) is 14.1. The van der Waals surface area contributed by atoms with E-state index in [0.29, 0.717) is 0 Å². The highest BCUT2D eigenvalue weighted by Gasteiger charge is 2.15. The normalized spacial score (nSPS) is 11.2. The van der Waals surface area contributed by atoms with E-state index in [2.05, 4.69) is 168 Å². The Morgan fingerprint density at radius 2 is 0.533 bits per heavy atom. The van der Waals surface area contributed by atoms with Gasteiger partial charge in [0.1, 0.15) is 23.0 Å². The van der Waals surface area contributed by atoms with Gasteiger partial charge in [-0.3, -0.25) is 0 Å². The van der Waals surface area contributed by atoms with E-state index < -0.39 is 0 Å². The number of rotatable bonds is 14. The summed E-state index contributed by atoms with van der Waals surface area (Å²) >= 11 is 0. The van der Waals surface area contributed by atoms with Crippen LogP contribution in [-0.4, -0.2) is 28.4 Å². The molecule has 60 heavy (non-hydrogen) atoms. The zero-order valence-electron chi connectivity index (χ0n) is 34.2. The zero-order valence-corrected chi connectivity index (χ0v) is 34.2. The minimum atomic E-state index is 0.815. The quantitative estimate of drug-likeness (QED) is 0.102. The minimum absolute atomic E-state index is 0.815. The first-order valence-corrected chi connectivity index (χ1v) is 19.8. The highest BCUT2D eigenvalue weighted by Crippen LogP contribution is 2.38. The van der Waals surface area contributed by atoms with Gasteiger partial charge in [0, 0.05) is 34.1 Å². The lowest BCUT2D eigenvalue weighted by molar-refractivity contribution is 0.414. The fraction of sp³-hybridized carbons (Fsp3) is 0.0741. The van der Waals surface area contributed by atoms with Gasteiger partial charge in [0.2, 0.25) is 0 Å². The van der Waals surface area contributed by atoms with Crippen molar-refractivity contribution in [1.82, 2.24) is 0 Å². The van der Waals surface area contributed by atoms with E-state index in [1.807, 2.05) is 48.5 Å². The third-order valence-corrected chi connectivity index (χ3v) is 10.5. The molecule has 0 atom stereocenters. The molecule has 296 valence electrons. The summed E-state index contributed by atoms with van der Waals surface area (Å²) in [5, 5.41) is 2.39. The number of ether oxygens (including phenoxy) is 4. The van der Waals surface area contributed by atoms with Gasteiger partial charge in [0.15, 0.2) is 0 Å². The van der Waals surface area contributed by atoms with E-state index in [-0.39, 0.29) is 0 Å². The number of hydrogen-bond donors (Lipinski definition) is 0. The van der Waals surface area contributed by atoms with Crippen LogP contribution in [0.5, 0.6) is 23.0 Å². The van der Waals surface area contributed by atoms with Crippen LogP contribution in [0.1, 0.15) is 22.3 Å².